The van der Waals surface area contributed by atoms with E-state index >= 15 is 0 Å². The number of hydrogen-bond acceptors (Lipinski definition) is 5. The van der Waals surface area contributed by atoms with Crippen molar-refractivity contribution in [3.8, 4) is 0 Å². The summed E-state index contributed by atoms with van der Waals surface area (Å²) in [5.74, 6) is -1.60. The van der Waals surface area contributed by atoms with Gasteiger partial charge in [-0.25, -0.2) is 0 Å². The number of rotatable bonds is 14. The van der Waals surface area contributed by atoms with Crippen molar-refractivity contribution < 1.29 is 46.1 Å². The molecule has 0 rings (SSSR count). The quantitative estimate of drug-likeness (QED) is 0.270. The molecule has 1 unspecified atom stereocenters. The fraction of sp³-hybridized carbons (Fsp3) is 1.00. The van der Waals surface area contributed by atoms with Gasteiger partial charge >= 0.3 is 5.97 Å². The normalized spacial score (nSPS) is 12.1. The van der Waals surface area contributed by atoms with E-state index in [-0.39, 0.29) is 28.3 Å². The Labute approximate surface area is 164 Å². The summed E-state index contributed by atoms with van der Waals surface area (Å²) in [6, 6.07) is 0. The van der Waals surface area contributed by atoms with Crippen LogP contribution in [0.4, 0.5) is 0 Å². The molecule has 0 aromatic heterocycles. The zero-order chi connectivity index (χ0) is 18.0. The summed E-state index contributed by atoms with van der Waals surface area (Å²) in [5.41, 5.74) is 0. The minimum absolute atomic E-state index is 0. The van der Waals surface area contributed by atoms with Crippen molar-refractivity contribution in [3.63, 3.8) is 0 Å². The monoisotopic (exact) mass is 384 g/mol. The first-order valence-electron chi connectivity index (χ1n) is 9.28. The van der Waals surface area contributed by atoms with E-state index in [9.17, 15) is 5.11 Å². The maximum Gasteiger partial charge on any atom is 0.308 e. The Morgan fingerprint density at radius 1 is 0.792 bits per heavy atom. The summed E-state index contributed by atoms with van der Waals surface area (Å²) in [5, 5.41) is 18.2. The van der Waals surface area contributed by atoms with Crippen LogP contribution in [0.25, 0.3) is 0 Å². The average molecular weight is 384 g/mol. The Morgan fingerprint density at radius 3 is 1.50 bits per heavy atom. The van der Waals surface area contributed by atoms with Gasteiger partial charge in [0.2, 0.25) is 0 Å². The Balaban J connectivity index is -0.00000102. The first kappa shape index (κ1) is 29.3. The fourth-order valence-electron chi connectivity index (χ4n) is 1.80. The summed E-state index contributed by atoms with van der Waals surface area (Å²) >= 11 is 0. The Bertz CT molecular complexity index is 219. The number of hydrogen-bond donors (Lipinski definition) is 2. The molecule has 0 radical (unpaired) electrons. The third-order valence-corrected chi connectivity index (χ3v) is 3.21. The molecule has 0 saturated carbocycles. The van der Waals surface area contributed by atoms with Gasteiger partial charge in [0.1, 0.15) is 6.10 Å². The molecular weight excluding hydrogens is 344 g/mol. The molecule has 0 fully saturated rings. The van der Waals surface area contributed by atoms with E-state index in [4.69, 9.17) is 19.3 Å². The van der Waals surface area contributed by atoms with E-state index < -0.39 is 12.1 Å². The van der Waals surface area contributed by atoms with Crippen LogP contribution in [0.2, 0.25) is 0 Å². The van der Waals surface area contributed by atoms with E-state index in [1.807, 2.05) is 6.92 Å². The molecule has 6 heteroatoms. The minimum Gasteiger partial charge on any atom is -0.397 e. The molecule has 0 bridgehead atoms. The first-order valence-corrected chi connectivity index (χ1v) is 9.28. The molecule has 0 heterocycles. The molecule has 0 aliphatic rings. The van der Waals surface area contributed by atoms with Gasteiger partial charge in [-0.2, -0.15) is 0 Å². The SMILES string of the molecule is CCCCOC(CC)C(O)(OCCCC)OCCCC.CCO.[Ti]. The molecule has 5 nitrogen and oxygen atoms in total. The van der Waals surface area contributed by atoms with Gasteiger partial charge in [0, 0.05) is 34.9 Å². The van der Waals surface area contributed by atoms with Gasteiger partial charge in [-0.15, -0.1) is 0 Å². The van der Waals surface area contributed by atoms with Crippen molar-refractivity contribution in [3.05, 3.63) is 0 Å². The summed E-state index contributed by atoms with van der Waals surface area (Å²) in [7, 11) is 0. The van der Waals surface area contributed by atoms with Gasteiger partial charge < -0.3 is 24.4 Å². The van der Waals surface area contributed by atoms with Crippen LogP contribution in [0.5, 0.6) is 0 Å². The predicted molar refractivity (Wildman–Crippen MR) is 94.4 cm³/mol. The zero-order valence-corrected chi connectivity index (χ0v) is 18.0. The van der Waals surface area contributed by atoms with Gasteiger partial charge in [-0.1, -0.05) is 47.0 Å². The van der Waals surface area contributed by atoms with Crippen molar-refractivity contribution in [2.75, 3.05) is 26.4 Å². The third kappa shape index (κ3) is 16.0. The Hall–Kier alpha value is 0.514. The Kier molecular flexibility index (Phi) is 26.3. The molecule has 0 saturated heterocycles. The fourth-order valence-corrected chi connectivity index (χ4v) is 1.80. The molecule has 0 amide bonds. The maximum atomic E-state index is 10.7. The molecule has 0 aromatic rings. The van der Waals surface area contributed by atoms with Crippen molar-refractivity contribution in [2.24, 2.45) is 0 Å². The third-order valence-electron chi connectivity index (χ3n) is 3.21. The van der Waals surface area contributed by atoms with Crippen LogP contribution in [0, 0.1) is 0 Å². The van der Waals surface area contributed by atoms with Gasteiger partial charge in [-0.3, -0.25) is 0 Å². The van der Waals surface area contributed by atoms with Crippen molar-refractivity contribution in [2.45, 2.75) is 91.6 Å². The van der Waals surface area contributed by atoms with Crippen LogP contribution in [-0.4, -0.2) is 48.7 Å². The van der Waals surface area contributed by atoms with Gasteiger partial charge in [0.25, 0.3) is 0 Å². The summed E-state index contributed by atoms with van der Waals surface area (Å²) in [6.45, 7) is 11.8. The predicted octanol–water partition coefficient (Wildman–Crippen LogP) is 3.86. The number of aliphatic hydroxyl groups excluding tert-OH is 1. The second-order valence-corrected chi connectivity index (χ2v) is 5.47. The molecule has 1 atom stereocenters. The van der Waals surface area contributed by atoms with Gasteiger partial charge in [0.15, 0.2) is 0 Å². The smallest absolute Gasteiger partial charge is 0.308 e. The number of aliphatic hydroxyl groups is 2. The first-order chi connectivity index (χ1) is 11.1. The van der Waals surface area contributed by atoms with E-state index in [1.165, 1.54) is 0 Å². The van der Waals surface area contributed by atoms with E-state index in [0.717, 1.165) is 38.5 Å². The van der Waals surface area contributed by atoms with Crippen LogP contribution in [0.3, 0.4) is 0 Å². The van der Waals surface area contributed by atoms with E-state index in [2.05, 4.69) is 20.8 Å². The summed E-state index contributed by atoms with van der Waals surface area (Å²) in [6.07, 6.45) is 6.16. The van der Waals surface area contributed by atoms with Crippen LogP contribution < -0.4 is 0 Å². The van der Waals surface area contributed by atoms with Crippen LogP contribution in [-0.2, 0) is 35.9 Å². The van der Waals surface area contributed by atoms with Crippen LogP contribution in [0.15, 0.2) is 0 Å². The molecule has 146 valence electrons. The Morgan fingerprint density at radius 2 is 1.17 bits per heavy atom. The van der Waals surface area contributed by atoms with Gasteiger partial charge in [-0.05, 0) is 32.6 Å². The summed E-state index contributed by atoms with van der Waals surface area (Å²) < 4.78 is 17.0. The zero-order valence-electron chi connectivity index (χ0n) is 16.5. The van der Waals surface area contributed by atoms with Crippen molar-refractivity contribution >= 4 is 0 Å². The average Bonchev–Trinajstić information content (AvgIpc) is 2.53. The molecular formula is C18H40O5Ti. The molecule has 2 N–H and O–H groups in total. The summed E-state index contributed by atoms with van der Waals surface area (Å²) in [4.78, 5) is 0. The van der Waals surface area contributed by atoms with E-state index in [1.54, 1.807) is 6.92 Å². The van der Waals surface area contributed by atoms with Gasteiger partial charge in [0.05, 0.1) is 13.2 Å². The molecule has 24 heavy (non-hydrogen) atoms. The van der Waals surface area contributed by atoms with E-state index in [0.29, 0.717) is 26.2 Å². The topological polar surface area (TPSA) is 68.2 Å². The maximum absolute atomic E-state index is 10.7. The largest absolute Gasteiger partial charge is 0.397 e. The van der Waals surface area contributed by atoms with Crippen molar-refractivity contribution in [1.29, 1.82) is 0 Å². The molecule has 0 spiro atoms. The molecule has 0 aliphatic carbocycles. The van der Waals surface area contributed by atoms with Crippen molar-refractivity contribution in [1.82, 2.24) is 0 Å². The minimum atomic E-state index is -1.60. The number of unbranched alkanes of at least 4 members (excludes halogenated alkanes) is 3. The number of ether oxygens (including phenoxy) is 3. The second-order valence-electron chi connectivity index (χ2n) is 5.47. The van der Waals surface area contributed by atoms with Crippen LogP contribution in [0.1, 0.15) is 79.6 Å². The second kappa shape index (κ2) is 21.6. The standard InChI is InChI=1S/C16H34O4.C2H6O.Ti/c1-5-9-12-18-15(8-4)16(17,19-13-10-6-2)20-14-11-7-3;1-2-3;/h15,17H,5-14H2,1-4H3;3H,2H2,1H3;. The molecule has 0 aliphatic heterocycles. The van der Waals surface area contributed by atoms with Crippen LogP contribution >= 0.6 is 0 Å². The molecule has 0 aromatic carbocycles.